The number of fused-ring (bicyclic) bond motifs is 4. The molecule has 1 aromatic rings. The van der Waals surface area contributed by atoms with Crippen molar-refractivity contribution in [3.63, 3.8) is 0 Å². The highest BCUT2D eigenvalue weighted by Crippen LogP contribution is 2.54. The van der Waals surface area contributed by atoms with Gasteiger partial charge >= 0.3 is 0 Å². The first-order chi connectivity index (χ1) is 12.0. The molecule has 2 fully saturated rings. The van der Waals surface area contributed by atoms with E-state index < -0.39 is 5.91 Å². The van der Waals surface area contributed by atoms with Crippen LogP contribution in [-0.2, 0) is 9.53 Å². The van der Waals surface area contributed by atoms with Gasteiger partial charge in [-0.2, -0.15) is 0 Å². The summed E-state index contributed by atoms with van der Waals surface area (Å²) in [7, 11) is 0. The Hall–Kier alpha value is -1.79. The SMILES string of the molecule is CC1(C)Oc2c(OCC(N)=O)cccc2[C@@H]2O[C@@H]3CCNC[C@H]3C[C@H]21. The third-order valence-corrected chi connectivity index (χ3v) is 5.73. The normalized spacial score (nSPS) is 32.6. The van der Waals surface area contributed by atoms with E-state index in [2.05, 4.69) is 19.2 Å². The van der Waals surface area contributed by atoms with E-state index in [1.54, 1.807) is 0 Å². The van der Waals surface area contributed by atoms with E-state index in [9.17, 15) is 4.79 Å². The van der Waals surface area contributed by atoms with Crippen molar-refractivity contribution in [2.45, 2.75) is 44.5 Å². The Labute approximate surface area is 148 Å². The number of nitrogens with one attached hydrogen (secondary N) is 1. The maximum atomic E-state index is 11.1. The van der Waals surface area contributed by atoms with E-state index in [1.807, 2.05) is 18.2 Å². The molecule has 3 N–H and O–H groups in total. The van der Waals surface area contributed by atoms with Crippen molar-refractivity contribution >= 4 is 5.91 Å². The van der Waals surface area contributed by atoms with Gasteiger partial charge in [0.1, 0.15) is 5.60 Å². The van der Waals surface area contributed by atoms with Gasteiger partial charge in [0.2, 0.25) is 0 Å². The molecule has 0 aliphatic carbocycles. The van der Waals surface area contributed by atoms with Crippen molar-refractivity contribution in [2.75, 3.05) is 19.7 Å². The average Bonchev–Trinajstić information content (AvgIpc) is 2.58. The van der Waals surface area contributed by atoms with Gasteiger partial charge in [0, 0.05) is 18.0 Å². The van der Waals surface area contributed by atoms with Crippen molar-refractivity contribution in [3.8, 4) is 11.5 Å². The minimum Gasteiger partial charge on any atom is -0.483 e. The molecule has 6 nitrogen and oxygen atoms in total. The van der Waals surface area contributed by atoms with Crippen LogP contribution in [0.5, 0.6) is 11.5 Å². The molecule has 3 heterocycles. The molecular weight excluding hydrogens is 320 g/mol. The fourth-order valence-electron chi connectivity index (χ4n) is 4.45. The molecule has 0 saturated carbocycles. The Morgan fingerprint density at radius 1 is 1.44 bits per heavy atom. The number of para-hydroxylation sites is 1. The van der Waals surface area contributed by atoms with Crippen LogP contribution in [0, 0.1) is 11.8 Å². The molecule has 4 atom stereocenters. The number of carbonyl (C=O) groups is 1. The second kappa shape index (κ2) is 6.18. The summed E-state index contributed by atoms with van der Waals surface area (Å²) in [6.45, 7) is 6.08. The molecule has 0 spiro atoms. The Bertz CT molecular complexity index is 675. The standard InChI is InChI=1S/C19H26N2O4/c1-19(2)13-8-11-9-21-7-6-14(11)24-17(13)12-4-3-5-15(18(12)25-19)23-10-16(20)22/h3-5,11,13-14,17,21H,6-10H2,1-2H3,(H2,20,22)/t11-,13-,14-,17+/m1/s1. The van der Waals surface area contributed by atoms with Gasteiger partial charge in [-0.25, -0.2) is 0 Å². The number of piperidine rings is 1. The highest BCUT2D eigenvalue weighted by Gasteiger charge is 2.51. The molecule has 0 bridgehead atoms. The zero-order chi connectivity index (χ0) is 17.6. The van der Waals surface area contributed by atoms with Crippen LogP contribution in [-0.4, -0.2) is 37.3 Å². The lowest BCUT2D eigenvalue weighted by Gasteiger charge is -2.52. The second-order valence-electron chi connectivity index (χ2n) is 7.83. The van der Waals surface area contributed by atoms with Gasteiger partial charge in [0.15, 0.2) is 18.1 Å². The molecule has 0 unspecified atom stereocenters. The highest BCUT2D eigenvalue weighted by atomic mass is 16.5. The molecule has 4 rings (SSSR count). The molecule has 1 amide bonds. The van der Waals surface area contributed by atoms with Crippen molar-refractivity contribution in [2.24, 2.45) is 17.6 Å². The first kappa shape index (κ1) is 16.7. The second-order valence-corrected chi connectivity index (χ2v) is 7.83. The van der Waals surface area contributed by atoms with Crippen LogP contribution in [0.4, 0.5) is 0 Å². The molecular formula is C19H26N2O4. The van der Waals surface area contributed by atoms with Gasteiger partial charge in [-0.3, -0.25) is 4.79 Å². The Kier molecular flexibility index (Phi) is 4.12. The number of ether oxygens (including phenoxy) is 3. The van der Waals surface area contributed by atoms with Crippen LogP contribution in [0.2, 0.25) is 0 Å². The van der Waals surface area contributed by atoms with Crippen molar-refractivity contribution in [3.05, 3.63) is 23.8 Å². The molecule has 25 heavy (non-hydrogen) atoms. The van der Waals surface area contributed by atoms with Crippen LogP contribution in [0.1, 0.15) is 38.4 Å². The summed E-state index contributed by atoms with van der Waals surface area (Å²) in [6.07, 6.45) is 2.42. The number of hydrogen-bond donors (Lipinski definition) is 2. The van der Waals surface area contributed by atoms with E-state index in [4.69, 9.17) is 19.9 Å². The fourth-order valence-corrected chi connectivity index (χ4v) is 4.45. The number of hydrogen-bond acceptors (Lipinski definition) is 5. The molecule has 3 aliphatic heterocycles. The number of rotatable bonds is 3. The zero-order valence-corrected chi connectivity index (χ0v) is 14.8. The third kappa shape index (κ3) is 2.98. The molecule has 0 aromatic heterocycles. The van der Waals surface area contributed by atoms with E-state index in [0.717, 1.165) is 31.5 Å². The minimum absolute atomic E-state index is 0.00442. The van der Waals surface area contributed by atoms with E-state index in [-0.39, 0.29) is 24.2 Å². The summed E-state index contributed by atoms with van der Waals surface area (Å²) in [5.74, 6) is 1.56. The molecule has 1 aromatic carbocycles. The largest absolute Gasteiger partial charge is 0.483 e. The molecule has 2 saturated heterocycles. The third-order valence-electron chi connectivity index (χ3n) is 5.73. The summed E-state index contributed by atoms with van der Waals surface area (Å²) in [4.78, 5) is 11.1. The molecule has 0 radical (unpaired) electrons. The number of nitrogens with two attached hydrogens (primary N) is 1. The predicted molar refractivity (Wildman–Crippen MR) is 92.5 cm³/mol. The van der Waals surface area contributed by atoms with Crippen LogP contribution < -0.4 is 20.5 Å². The number of carbonyl (C=O) groups excluding carboxylic acids is 1. The summed E-state index contributed by atoms with van der Waals surface area (Å²) in [5, 5.41) is 3.48. The number of primary amides is 1. The molecule has 136 valence electrons. The maximum absolute atomic E-state index is 11.1. The number of amides is 1. The van der Waals surface area contributed by atoms with Gasteiger partial charge in [0.25, 0.3) is 5.91 Å². The fraction of sp³-hybridized carbons (Fsp3) is 0.632. The molecule has 3 aliphatic rings. The van der Waals surface area contributed by atoms with Crippen LogP contribution in [0.3, 0.4) is 0 Å². The minimum atomic E-state index is -0.503. The van der Waals surface area contributed by atoms with Crippen molar-refractivity contribution < 1.29 is 19.0 Å². The topological polar surface area (TPSA) is 82.8 Å². The summed E-state index contributed by atoms with van der Waals surface area (Å²) in [6, 6.07) is 5.78. The smallest absolute Gasteiger partial charge is 0.255 e. The zero-order valence-electron chi connectivity index (χ0n) is 14.8. The predicted octanol–water partition coefficient (Wildman–Crippen LogP) is 1.78. The Morgan fingerprint density at radius 3 is 3.08 bits per heavy atom. The van der Waals surface area contributed by atoms with Crippen molar-refractivity contribution in [1.82, 2.24) is 5.32 Å². The quantitative estimate of drug-likeness (QED) is 0.872. The lowest BCUT2D eigenvalue weighted by Crippen LogP contribution is -2.54. The lowest BCUT2D eigenvalue weighted by molar-refractivity contribution is -0.178. The summed E-state index contributed by atoms with van der Waals surface area (Å²) < 4.78 is 18.5. The average molecular weight is 346 g/mol. The van der Waals surface area contributed by atoms with E-state index >= 15 is 0 Å². The first-order valence-corrected chi connectivity index (χ1v) is 9.05. The summed E-state index contributed by atoms with van der Waals surface area (Å²) in [5.41, 5.74) is 5.86. The highest BCUT2D eigenvalue weighted by molar-refractivity contribution is 5.75. The van der Waals surface area contributed by atoms with Crippen molar-refractivity contribution in [1.29, 1.82) is 0 Å². The van der Waals surface area contributed by atoms with Gasteiger partial charge < -0.3 is 25.3 Å². The van der Waals surface area contributed by atoms with Gasteiger partial charge in [-0.15, -0.1) is 0 Å². The van der Waals surface area contributed by atoms with E-state index in [0.29, 0.717) is 23.5 Å². The van der Waals surface area contributed by atoms with Crippen LogP contribution in [0.15, 0.2) is 18.2 Å². The maximum Gasteiger partial charge on any atom is 0.255 e. The summed E-state index contributed by atoms with van der Waals surface area (Å²) >= 11 is 0. The molecule has 6 heteroatoms. The van der Waals surface area contributed by atoms with Crippen LogP contribution in [0.25, 0.3) is 0 Å². The Balaban J connectivity index is 1.68. The first-order valence-electron chi connectivity index (χ1n) is 9.05. The van der Waals surface area contributed by atoms with E-state index in [1.165, 1.54) is 0 Å². The lowest BCUT2D eigenvalue weighted by atomic mass is 9.71. The van der Waals surface area contributed by atoms with Gasteiger partial charge in [0.05, 0.1) is 12.2 Å². The van der Waals surface area contributed by atoms with Crippen LogP contribution >= 0.6 is 0 Å². The number of benzene rings is 1. The van der Waals surface area contributed by atoms with Gasteiger partial charge in [-0.1, -0.05) is 12.1 Å². The van der Waals surface area contributed by atoms with Gasteiger partial charge in [-0.05, 0) is 45.2 Å². The monoisotopic (exact) mass is 346 g/mol. The Morgan fingerprint density at radius 2 is 2.28 bits per heavy atom.